The second kappa shape index (κ2) is 6.64. The van der Waals surface area contributed by atoms with Crippen LogP contribution in [0.4, 0.5) is 4.39 Å². The van der Waals surface area contributed by atoms with Gasteiger partial charge in [0.15, 0.2) is 0 Å². The van der Waals surface area contributed by atoms with Crippen molar-refractivity contribution in [1.29, 1.82) is 0 Å². The third-order valence-electron chi connectivity index (χ3n) is 2.94. The Hall–Kier alpha value is -0.890. The molecule has 0 bridgehead atoms. The van der Waals surface area contributed by atoms with E-state index >= 15 is 0 Å². The lowest BCUT2D eigenvalue weighted by atomic mass is 9.97. The van der Waals surface area contributed by atoms with Crippen LogP contribution < -0.4 is 5.32 Å². The number of nitrogens with one attached hydrogen (secondary N) is 1. The Labute approximate surface area is 98.1 Å². The summed E-state index contributed by atoms with van der Waals surface area (Å²) in [6.07, 6.45) is 3.41. The van der Waals surface area contributed by atoms with Gasteiger partial charge in [-0.1, -0.05) is 6.92 Å². The van der Waals surface area contributed by atoms with E-state index in [4.69, 9.17) is 0 Å². The van der Waals surface area contributed by atoms with Crippen LogP contribution >= 0.6 is 0 Å². The second-order valence-electron chi connectivity index (χ2n) is 4.33. The van der Waals surface area contributed by atoms with Gasteiger partial charge in [-0.15, -0.1) is 0 Å². The second-order valence-corrected chi connectivity index (χ2v) is 4.33. The van der Waals surface area contributed by atoms with Gasteiger partial charge in [-0.25, -0.2) is 4.39 Å². The fraction of sp³-hybridized carbons (Fsp3) is 0.571. The number of aryl methyl sites for hydroxylation is 2. The van der Waals surface area contributed by atoms with E-state index in [1.807, 2.05) is 13.8 Å². The molecule has 1 N–H and O–H groups in total. The van der Waals surface area contributed by atoms with Gasteiger partial charge in [0.1, 0.15) is 5.82 Å². The van der Waals surface area contributed by atoms with Crippen molar-refractivity contribution >= 4 is 0 Å². The standard InChI is InChI=1S/C14H22FN/c1-4-16-8-6-5-7-14-11(2)9-13(15)10-12(14)3/h9-10,16H,4-8H2,1-3H3. The molecular formula is C14H22FN. The molecule has 0 atom stereocenters. The van der Waals surface area contributed by atoms with Crippen molar-refractivity contribution in [2.24, 2.45) is 0 Å². The van der Waals surface area contributed by atoms with E-state index in [0.29, 0.717) is 0 Å². The number of benzene rings is 1. The lowest BCUT2D eigenvalue weighted by molar-refractivity contribution is 0.619. The predicted molar refractivity (Wildman–Crippen MR) is 67.4 cm³/mol. The van der Waals surface area contributed by atoms with Crippen LogP contribution in [0.5, 0.6) is 0 Å². The van der Waals surface area contributed by atoms with Crippen LogP contribution in [0.15, 0.2) is 12.1 Å². The van der Waals surface area contributed by atoms with Gasteiger partial charge in [0.05, 0.1) is 0 Å². The molecule has 0 aromatic heterocycles. The number of hydrogen-bond acceptors (Lipinski definition) is 1. The van der Waals surface area contributed by atoms with E-state index in [2.05, 4.69) is 12.2 Å². The Kier molecular flexibility index (Phi) is 5.47. The molecule has 0 heterocycles. The molecule has 16 heavy (non-hydrogen) atoms. The molecule has 0 saturated carbocycles. The molecule has 0 aliphatic rings. The fourth-order valence-corrected chi connectivity index (χ4v) is 2.06. The molecule has 1 aromatic carbocycles. The molecule has 0 aliphatic heterocycles. The van der Waals surface area contributed by atoms with E-state index in [-0.39, 0.29) is 5.82 Å². The van der Waals surface area contributed by atoms with Crippen LogP contribution in [-0.2, 0) is 6.42 Å². The van der Waals surface area contributed by atoms with Gasteiger partial charge in [0.25, 0.3) is 0 Å². The van der Waals surface area contributed by atoms with E-state index in [1.54, 1.807) is 12.1 Å². The Bertz CT molecular complexity index is 311. The summed E-state index contributed by atoms with van der Waals surface area (Å²) in [5.41, 5.74) is 3.49. The zero-order valence-corrected chi connectivity index (χ0v) is 10.6. The first-order valence-electron chi connectivity index (χ1n) is 6.11. The topological polar surface area (TPSA) is 12.0 Å². The van der Waals surface area contributed by atoms with Crippen LogP contribution in [0, 0.1) is 19.7 Å². The molecule has 1 rings (SSSR count). The van der Waals surface area contributed by atoms with Crippen molar-refractivity contribution in [1.82, 2.24) is 5.32 Å². The predicted octanol–water partition coefficient (Wildman–Crippen LogP) is 3.37. The highest BCUT2D eigenvalue weighted by Gasteiger charge is 2.04. The minimum Gasteiger partial charge on any atom is -0.317 e. The highest BCUT2D eigenvalue weighted by molar-refractivity contribution is 5.34. The van der Waals surface area contributed by atoms with Crippen molar-refractivity contribution in [3.63, 3.8) is 0 Å². The Morgan fingerprint density at radius 2 is 1.75 bits per heavy atom. The maximum atomic E-state index is 13.1. The van der Waals surface area contributed by atoms with Gasteiger partial charge in [0, 0.05) is 0 Å². The van der Waals surface area contributed by atoms with E-state index in [1.165, 1.54) is 18.4 Å². The Morgan fingerprint density at radius 1 is 1.12 bits per heavy atom. The van der Waals surface area contributed by atoms with Crippen LogP contribution in [-0.4, -0.2) is 13.1 Å². The van der Waals surface area contributed by atoms with Gasteiger partial charge >= 0.3 is 0 Å². The van der Waals surface area contributed by atoms with Gasteiger partial charge in [0.2, 0.25) is 0 Å². The quantitative estimate of drug-likeness (QED) is 0.729. The first-order chi connectivity index (χ1) is 7.65. The number of halogens is 1. The average Bonchev–Trinajstić information content (AvgIpc) is 2.20. The molecule has 0 saturated heterocycles. The smallest absolute Gasteiger partial charge is 0.123 e. The molecular weight excluding hydrogens is 201 g/mol. The maximum absolute atomic E-state index is 13.1. The molecule has 0 fully saturated rings. The van der Waals surface area contributed by atoms with Crippen molar-refractivity contribution in [2.45, 2.75) is 40.0 Å². The van der Waals surface area contributed by atoms with Crippen LogP contribution in [0.3, 0.4) is 0 Å². The largest absolute Gasteiger partial charge is 0.317 e. The summed E-state index contributed by atoms with van der Waals surface area (Å²) in [7, 11) is 0. The third-order valence-corrected chi connectivity index (χ3v) is 2.94. The van der Waals surface area contributed by atoms with Crippen molar-refractivity contribution in [2.75, 3.05) is 13.1 Å². The van der Waals surface area contributed by atoms with Gasteiger partial charge in [-0.3, -0.25) is 0 Å². The van der Waals surface area contributed by atoms with Crippen molar-refractivity contribution < 1.29 is 4.39 Å². The minimum absolute atomic E-state index is 0.119. The Balaban J connectivity index is 2.47. The SMILES string of the molecule is CCNCCCCc1c(C)cc(F)cc1C. The van der Waals surface area contributed by atoms with Crippen molar-refractivity contribution in [3.05, 3.63) is 34.6 Å². The van der Waals surface area contributed by atoms with E-state index in [0.717, 1.165) is 30.6 Å². The van der Waals surface area contributed by atoms with Gasteiger partial charge < -0.3 is 5.32 Å². The first-order valence-corrected chi connectivity index (χ1v) is 6.11. The lowest BCUT2D eigenvalue weighted by Crippen LogP contribution is -2.14. The first kappa shape index (κ1) is 13.2. The highest BCUT2D eigenvalue weighted by atomic mass is 19.1. The monoisotopic (exact) mass is 223 g/mol. The summed E-state index contributed by atoms with van der Waals surface area (Å²) >= 11 is 0. The van der Waals surface area contributed by atoms with Crippen LogP contribution in [0.25, 0.3) is 0 Å². The van der Waals surface area contributed by atoms with E-state index < -0.39 is 0 Å². The van der Waals surface area contributed by atoms with Gasteiger partial charge in [-0.05, 0) is 75.0 Å². The number of rotatable bonds is 6. The third kappa shape index (κ3) is 3.93. The zero-order chi connectivity index (χ0) is 12.0. The normalized spacial score (nSPS) is 10.8. The van der Waals surface area contributed by atoms with Crippen molar-refractivity contribution in [3.8, 4) is 0 Å². The molecule has 0 unspecified atom stereocenters. The summed E-state index contributed by atoms with van der Waals surface area (Å²) in [5, 5.41) is 3.31. The highest BCUT2D eigenvalue weighted by Crippen LogP contribution is 2.18. The van der Waals surface area contributed by atoms with Crippen LogP contribution in [0.2, 0.25) is 0 Å². The number of hydrogen-bond donors (Lipinski definition) is 1. The zero-order valence-electron chi connectivity index (χ0n) is 10.6. The molecule has 0 radical (unpaired) electrons. The summed E-state index contributed by atoms with van der Waals surface area (Å²) in [6.45, 7) is 8.23. The minimum atomic E-state index is -0.119. The van der Waals surface area contributed by atoms with E-state index in [9.17, 15) is 4.39 Å². The summed E-state index contributed by atoms with van der Waals surface area (Å²) in [6, 6.07) is 3.26. The molecule has 0 spiro atoms. The summed E-state index contributed by atoms with van der Waals surface area (Å²) < 4.78 is 13.1. The number of unbranched alkanes of at least 4 members (excludes halogenated alkanes) is 1. The summed E-state index contributed by atoms with van der Waals surface area (Å²) in [4.78, 5) is 0. The van der Waals surface area contributed by atoms with Crippen LogP contribution in [0.1, 0.15) is 36.5 Å². The molecule has 1 aromatic rings. The lowest BCUT2D eigenvalue weighted by Gasteiger charge is -2.10. The summed E-state index contributed by atoms with van der Waals surface area (Å²) in [5.74, 6) is -0.119. The maximum Gasteiger partial charge on any atom is 0.123 e. The molecule has 2 heteroatoms. The van der Waals surface area contributed by atoms with Gasteiger partial charge in [-0.2, -0.15) is 0 Å². The average molecular weight is 223 g/mol. The molecule has 0 amide bonds. The molecule has 90 valence electrons. The molecule has 0 aliphatic carbocycles. The Morgan fingerprint density at radius 3 is 2.31 bits per heavy atom. The molecule has 1 nitrogen and oxygen atoms in total. The fourth-order valence-electron chi connectivity index (χ4n) is 2.06.